The maximum atomic E-state index is 12.9. The van der Waals surface area contributed by atoms with Crippen molar-refractivity contribution in [1.29, 1.82) is 0 Å². The molecule has 55 heavy (non-hydrogen) atoms. The molecule has 0 aromatic rings. The van der Waals surface area contributed by atoms with Crippen LogP contribution >= 0.6 is 0 Å². The number of aliphatic hydroxyl groups is 5. The van der Waals surface area contributed by atoms with Gasteiger partial charge in [-0.15, -0.1) is 0 Å². The molecular weight excluding hydrogens is 695 g/mol. The van der Waals surface area contributed by atoms with Crippen LogP contribution in [0.5, 0.6) is 0 Å². The van der Waals surface area contributed by atoms with Crippen molar-refractivity contribution in [3.8, 4) is 0 Å². The van der Waals surface area contributed by atoms with Gasteiger partial charge in [-0.25, -0.2) is 0 Å². The van der Waals surface area contributed by atoms with Crippen LogP contribution in [0.15, 0.2) is 48.6 Å². The second-order valence-electron chi connectivity index (χ2n) is 15.5. The van der Waals surface area contributed by atoms with Gasteiger partial charge >= 0.3 is 0 Å². The molecule has 7 atom stereocenters. The lowest BCUT2D eigenvalue weighted by Gasteiger charge is -2.40. The zero-order valence-corrected chi connectivity index (χ0v) is 34.9. The summed E-state index contributed by atoms with van der Waals surface area (Å²) < 4.78 is 11.1. The molecule has 0 saturated carbocycles. The number of ether oxygens (including phenoxy) is 2. The van der Waals surface area contributed by atoms with E-state index in [0.29, 0.717) is 6.42 Å². The molecule has 0 aliphatic carbocycles. The molecule has 0 aromatic heterocycles. The Morgan fingerprint density at radius 2 is 1.11 bits per heavy atom. The summed E-state index contributed by atoms with van der Waals surface area (Å²) in [7, 11) is 0. The van der Waals surface area contributed by atoms with E-state index in [1.807, 2.05) is 19.1 Å². The fraction of sp³-hybridized carbons (Fsp3) is 0.804. The molecule has 0 bridgehead atoms. The van der Waals surface area contributed by atoms with Crippen molar-refractivity contribution in [1.82, 2.24) is 5.32 Å². The molecule has 0 spiro atoms. The maximum Gasteiger partial charge on any atom is 0.220 e. The van der Waals surface area contributed by atoms with Crippen molar-refractivity contribution in [2.45, 2.75) is 224 Å². The van der Waals surface area contributed by atoms with Gasteiger partial charge in [-0.05, 0) is 64.7 Å². The van der Waals surface area contributed by atoms with Crippen LogP contribution in [-0.4, -0.2) is 87.5 Å². The highest BCUT2D eigenvalue weighted by atomic mass is 16.7. The molecule has 7 unspecified atom stereocenters. The molecule has 1 fully saturated rings. The van der Waals surface area contributed by atoms with E-state index in [-0.39, 0.29) is 12.5 Å². The second-order valence-corrected chi connectivity index (χ2v) is 15.5. The Morgan fingerprint density at radius 3 is 1.64 bits per heavy atom. The fourth-order valence-electron chi connectivity index (χ4n) is 6.84. The highest BCUT2D eigenvalue weighted by Crippen LogP contribution is 2.22. The number of aliphatic hydroxyl groups excluding tert-OH is 5. The van der Waals surface area contributed by atoms with Crippen molar-refractivity contribution >= 4 is 5.91 Å². The number of carbonyl (C=O) groups excluding carboxylic acids is 1. The highest BCUT2D eigenvalue weighted by molar-refractivity contribution is 5.76. The second kappa shape index (κ2) is 36.5. The summed E-state index contributed by atoms with van der Waals surface area (Å²) in [5, 5.41) is 53.9. The van der Waals surface area contributed by atoms with Gasteiger partial charge in [-0.3, -0.25) is 4.79 Å². The quantitative estimate of drug-likeness (QED) is 0.0273. The lowest BCUT2D eigenvalue weighted by molar-refractivity contribution is -0.302. The van der Waals surface area contributed by atoms with E-state index in [2.05, 4.69) is 42.6 Å². The topological polar surface area (TPSA) is 149 Å². The first-order valence-electron chi connectivity index (χ1n) is 22.3. The van der Waals surface area contributed by atoms with Gasteiger partial charge in [0.15, 0.2) is 6.29 Å². The largest absolute Gasteiger partial charge is 0.394 e. The molecule has 1 heterocycles. The summed E-state index contributed by atoms with van der Waals surface area (Å²) in [5.41, 5.74) is 0. The number of allylic oxidation sites excluding steroid dienone is 7. The van der Waals surface area contributed by atoms with Gasteiger partial charge < -0.3 is 40.3 Å². The van der Waals surface area contributed by atoms with Crippen molar-refractivity contribution in [2.24, 2.45) is 0 Å². The Balaban J connectivity index is 2.26. The molecule has 320 valence electrons. The zero-order valence-electron chi connectivity index (χ0n) is 34.9. The number of nitrogens with one attached hydrogen (secondary N) is 1. The monoisotopic (exact) mass is 778 g/mol. The predicted octanol–water partition coefficient (Wildman–Crippen LogP) is 9.06. The first kappa shape index (κ1) is 51.2. The predicted molar refractivity (Wildman–Crippen MR) is 226 cm³/mol. The Kier molecular flexibility index (Phi) is 33.9. The van der Waals surface area contributed by atoms with E-state index in [9.17, 15) is 30.3 Å². The summed E-state index contributed by atoms with van der Waals surface area (Å²) in [6.07, 6.45) is 39.1. The summed E-state index contributed by atoms with van der Waals surface area (Å²) in [4.78, 5) is 12.9. The van der Waals surface area contributed by atoms with Crippen molar-refractivity contribution in [3.63, 3.8) is 0 Å². The van der Waals surface area contributed by atoms with Gasteiger partial charge in [-0.2, -0.15) is 0 Å². The third-order valence-corrected chi connectivity index (χ3v) is 10.4. The number of unbranched alkanes of at least 4 members (excludes halogenated alkanes) is 21. The van der Waals surface area contributed by atoms with Gasteiger partial charge in [0.2, 0.25) is 5.91 Å². The minimum absolute atomic E-state index is 0.196. The standard InChI is InChI=1S/C46H83NO8/c1-3-5-7-9-11-13-14-15-16-17-18-19-20-21-22-23-24-25-26-28-30-32-34-36-42(50)47-39(40(49)35-33-31-29-27-12-10-8-6-4-2)38-54-46-45(53)44(52)43(51)41(37-48)55-46/h4,6,12,17-18,27,33,35,39-41,43-46,48-49,51-53H,3,5,7-11,13-16,19-26,28-32,34,36-38H2,1-2H3,(H,47,50)/b6-4+,18-17-,27-12+,35-33+. The number of hydrogen-bond acceptors (Lipinski definition) is 8. The molecular formula is C46H83NO8. The summed E-state index contributed by atoms with van der Waals surface area (Å²) in [6, 6.07) is -0.825. The number of hydrogen-bond donors (Lipinski definition) is 6. The van der Waals surface area contributed by atoms with Crippen molar-refractivity contribution in [3.05, 3.63) is 48.6 Å². The molecule has 0 radical (unpaired) electrons. The van der Waals surface area contributed by atoms with E-state index >= 15 is 0 Å². The molecule has 1 amide bonds. The fourth-order valence-corrected chi connectivity index (χ4v) is 6.84. The first-order chi connectivity index (χ1) is 26.8. The number of carbonyl (C=O) groups is 1. The van der Waals surface area contributed by atoms with Crippen LogP contribution in [0.3, 0.4) is 0 Å². The van der Waals surface area contributed by atoms with E-state index < -0.39 is 49.5 Å². The van der Waals surface area contributed by atoms with E-state index in [1.165, 1.54) is 116 Å². The van der Waals surface area contributed by atoms with Crippen LogP contribution in [0.1, 0.15) is 181 Å². The minimum atomic E-state index is -1.57. The number of rotatable bonds is 36. The van der Waals surface area contributed by atoms with Gasteiger partial charge in [0, 0.05) is 6.42 Å². The molecule has 1 aliphatic rings. The lowest BCUT2D eigenvalue weighted by atomic mass is 9.99. The summed E-state index contributed by atoms with van der Waals surface area (Å²) in [6.45, 7) is 3.50. The summed E-state index contributed by atoms with van der Waals surface area (Å²) >= 11 is 0. The Hall–Kier alpha value is -1.85. The maximum absolute atomic E-state index is 12.9. The van der Waals surface area contributed by atoms with Crippen LogP contribution in [0.25, 0.3) is 0 Å². The molecule has 1 saturated heterocycles. The van der Waals surface area contributed by atoms with Gasteiger partial charge in [0.25, 0.3) is 0 Å². The molecule has 0 aromatic carbocycles. The van der Waals surface area contributed by atoms with Gasteiger partial charge in [0.05, 0.1) is 25.4 Å². The average molecular weight is 778 g/mol. The van der Waals surface area contributed by atoms with Crippen molar-refractivity contribution < 1.29 is 39.8 Å². The minimum Gasteiger partial charge on any atom is -0.394 e. The first-order valence-corrected chi connectivity index (χ1v) is 22.3. The van der Waals surface area contributed by atoms with Crippen LogP contribution < -0.4 is 5.32 Å². The van der Waals surface area contributed by atoms with Crippen molar-refractivity contribution in [2.75, 3.05) is 13.2 Å². The normalized spacial score (nSPS) is 21.8. The smallest absolute Gasteiger partial charge is 0.220 e. The van der Waals surface area contributed by atoms with E-state index in [0.717, 1.165) is 44.9 Å². The Morgan fingerprint density at radius 1 is 0.636 bits per heavy atom. The molecule has 1 rings (SSSR count). The highest BCUT2D eigenvalue weighted by Gasteiger charge is 2.44. The van der Waals surface area contributed by atoms with E-state index in [4.69, 9.17) is 9.47 Å². The summed E-state index contributed by atoms with van der Waals surface area (Å²) in [5.74, 6) is -0.196. The molecule has 1 aliphatic heterocycles. The SMILES string of the molecule is C/C=C/CC/C=C/CC/C=C/C(O)C(COC1OC(CO)C(O)C(O)C1O)NC(=O)CCCCCCCCCCCCC/C=C\CCCCCCCCCC. The van der Waals surface area contributed by atoms with Crippen LogP contribution in [-0.2, 0) is 14.3 Å². The molecule has 9 heteroatoms. The van der Waals surface area contributed by atoms with Crippen LogP contribution in [0, 0.1) is 0 Å². The lowest BCUT2D eigenvalue weighted by Crippen LogP contribution is -2.60. The van der Waals surface area contributed by atoms with Crippen LogP contribution in [0.2, 0.25) is 0 Å². The third-order valence-electron chi connectivity index (χ3n) is 10.4. The third kappa shape index (κ3) is 27.4. The molecule has 6 N–H and O–H groups in total. The number of amides is 1. The average Bonchev–Trinajstić information content (AvgIpc) is 3.18. The Labute approximate surface area is 335 Å². The van der Waals surface area contributed by atoms with Gasteiger partial charge in [-0.1, -0.05) is 158 Å². The molecule has 9 nitrogen and oxygen atoms in total. The Bertz CT molecular complexity index is 998. The van der Waals surface area contributed by atoms with Crippen LogP contribution in [0.4, 0.5) is 0 Å². The zero-order chi connectivity index (χ0) is 40.2. The van der Waals surface area contributed by atoms with Gasteiger partial charge in [0.1, 0.15) is 24.4 Å². The van der Waals surface area contributed by atoms with E-state index in [1.54, 1.807) is 6.08 Å².